The van der Waals surface area contributed by atoms with E-state index in [0.717, 1.165) is 19.3 Å². The van der Waals surface area contributed by atoms with Gasteiger partial charge in [-0.1, -0.05) is 31.9 Å². The highest BCUT2D eigenvalue weighted by Gasteiger charge is 2.79. The summed E-state index contributed by atoms with van der Waals surface area (Å²) in [5.41, 5.74) is -1.30. The van der Waals surface area contributed by atoms with Crippen LogP contribution in [0, 0.1) is 11.8 Å². The van der Waals surface area contributed by atoms with Gasteiger partial charge in [0.2, 0.25) is 5.91 Å². The molecular weight excluding hydrogens is 536 g/mol. The van der Waals surface area contributed by atoms with Crippen molar-refractivity contribution in [2.45, 2.75) is 82.0 Å². The van der Waals surface area contributed by atoms with Crippen LogP contribution in [0.3, 0.4) is 0 Å². The largest absolute Gasteiger partial charge is 0.497 e. The second kappa shape index (κ2) is 13.9. The van der Waals surface area contributed by atoms with E-state index in [4.69, 9.17) is 14.2 Å². The van der Waals surface area contributed by atoms with Crippen LogP contribution in [0.5, 0.6) is 5.75 Å². The van der Waals surface area contributed by atoms with Gasteiger partial charge in [0.25, 0.3) is 5.91 Å². The molecule has 1 N–H and O–H groups in total. The third-order valence-corrected chi connectivity index (χ3v) is 9.23. The summed E-state index contributed by atoms with van der Waals surface area (Å²) in [7, 11) is 1.59. The van der Waals surface area contributed by atoms with Crippen molar-refractivity contribution < 1.29 is 33.7 Å². The zero-order chi connectivity index (χ0) is 30.3. The number of ether oxygens (including phenoxy) is 3. The van der Waals surface area contributed by atoms with Crippen molar-refractivity contribution in [3.05, 3.63) is 49.6 Å². The molecule has 1 aromatic carbocycles. The number of carbonyl (C=O) groups is 3. The Hall–Kier alpha value is -3.17. The van der Waals surface area contributed by atoms with Crippen LogP contribution in [0.25, 0.3) is 0 Å². The SMILES string of the molecule is C=CCCCOC(=O)[C@@H]1[C@H]2C(=O)N(CCCCCCO)C(C(=O)N(CC=C)c3ccc(OC)cc3)C23CC[C@@]1(CC)O3. The van der Waals surface area contributed by atoms with Crippen molar-refractivity contribution in [2.75, 3.05) is 38.3 Å². The lowest BCUT2D eigenvalue weighted by atomic mass is 9.65. The molecule has 3 aliphatic rings. The summed E-state index contributed by atoms with van der Waals surface area (Å²) in [4.78, 5) is 45.9. The lowest BCUT2D eigenvalue weighted by Crippen LogP contribution is -2.56. The normalized spacial score (nSPS) is 27.5. The van der Waals surface area contributed by atoms with E-state index in [1.54, 1.807) is 41.2 Å². The van der Waals surface area contributed by atoms with Crippen molar-refractivity contribution in [1.82, 2.24) is 4.90 Å². The highest BCUT2D eigenvalue weighted by Crippen LogP contribution is 2.64. The second-order valence-electron chi connectivity index (χ2n) is 11.5. The lowest BCUT2D eigenvalue weighted by molar-refractivity contribution is -0.161. The molecule has 5 atom stereocenters. The van der Waals surface area contributed by atoms with E-state index in [9.17, 15) is 19.5 Å². The molecule has 3 heterocycles. The second-order valence-corrected chi connectivity index (χ2v) is 11.5. The van der Waals surface area contributed by atoms with Crippen LogP contribution >= 0.6 is 0 Å². The van der Waals surface area contributed by atoms with Crippen LogP contribution in [0.4, 0.5) is 5.69 Å². The number of nitrogens with zero attached hydrogens (tertiary/aromatic N) is 2. The van der Waals surface area contributed by atoms with Crippen LogP contribution < -0.4 is 9.64 Å². The van der Waals surface area contributed by atoms with Gasteiger partial charge in [0.1, 0.15) is 23.3 Å². The summed E-state index contributed by atoms with van der Waals surface area (Å²) < 4.78 is 17.9. The minimum absolute atomic E-state index is 0.122. The standard InChI is InChI=1S/C33H46N2O7/c1-5-8-13-23-41-31(39)27-26-29(37)35(21-11-9-10-12-22-36)28(33(26)19-18-32(27,7-3)42-33)30(38)34(20-6-2)24-14-16-25(40-4)17-15-24/h5-6,14-17,26-28,36H,1-2,7-13,18-23H2,3-4H3/t26-,27-,28?,32+,33?/m0/s1. The summed E-state index contributed by atoms with van der Waals surface area (Å²) in [6, 6.07) is 6.33. The van der Waals surface area contributed by atoms with Crippen molar-refractivity contribution in [2.24, 2.45) is 11.8 Å². The summed E-state index contributed by atoms with van der Waals surface area (Å²) in [5, 5.41) is 9.19. The van der Waals surface area contributed by atoms with E-state index in [-0.39, 0.29) is 31.6 Å². The van der Waals surface area contributed by atoms with Gasteiger partial charge in [-0.2, -0.15) is 0 Å². The Bertz CT molecular complexity index is 1140. The number of benzene rings is 1. The van der Waals surface area contributed by atoms with Crippen molar-refractivity contribution >= 4 is 23.5 Å². The van der Waals surface area contributed by atoms with Gasteiger partial charge in [-0.3, -0.25) is 14.4 Å². The average molecular weight is 583 g/mol. The zero-order valence-corrected chi connectivity index (χ0v) is 25.1. The number of aliphatic hydroxyl groups excluding tert-OH is 1. The molecule has 2 amide bonds. The Morgan fingerprint density at radius 1 is 1.12 bits per heavy atom. The topological polar surface area (TPSA) is 106 Å². The molecule has 4 rings (SSSR count). The fourth-order valence-electron chi connectivity index (χ4n) is 7.20. The summed E-state index contributed by atoms with van der Waals surface area (Å²) >= 11 is 0. The van der Waals surface area contributed by atoms with Gasteiger partial charge in [-0.25, -0.2) is 0 Å². The maximum atomic E-state index is 14.6. The first kappa shape index (κ1) is 31.8. The van der Waals surface area contributed by atoms with Crippen LogP contribution in [-0.4, -0.2) is 78.4 Å². The number of likely N-dealkylation sites (tertiary alicyclic amines) is 1. The number of unbranched alkanes of at least 4 members (excludes halogenated alkanes) is 4. The van der Waals surface area contributed by atoms with Crippen LogP contribution in [0.2, 0.25) is 0 Å². The number of hydrogen-bond acceptors (Lipinski definition) is 7. The Balaban J connectivity index is 1.71. The molecule has 3 fully saturated rings. The number of aliphatic hydroxyl groups is 1. The minimum Gasteiger partial charge on any atom is -0.497 e. The molecule has 3 saturated heterocycles. The number of carbonyl (C=O) groups excluding carboxylic acids is 3. The lowest BCUT2D eigenvalue weighted by Gasteiger charge is -2.37. The van der Waals surface area contributed by atoms with Crippen molar-refractivity contribution in [3.8, 4) is 5.75 Å². The summed E-state index contributed by atoms with van der Waals surface area (Å²) in [6.07, 6.45) is 9.48. The van der Waals surface area contributed by atoms with E-state index < -0.39 is 35.0 Å². The van der Waals surface area contributed by atoms with E-state index in [1.807, 2.05) is 19.1 Å². The molecule has 0 radical (unpaired) electrons. The predicted octanol–water partition coefficient (Wildman–Crippen LogP) is 4.43. The molecule has 1 spiro atoms. The van der Waals surface area contributed by atoms with E-state index in [1.165, 1.54) is 0 Å². The van der Waals surface area contributed by atoms with Gasteiger partial charge in [0.15, 0.2) is 0 Å². The van der Waals surface area contributed by atoms with Crippen molar-refractivity contribution in [3.63, 3.8) is 0 Å². The highest BCUT2D eigenvalue weighted by atomic mass is 16.6. The number of methoxy groups -OCH3 is 1. The van der Waals surface area contributed by atoms with E-state index >= 15 is 0 Å². The molecule has 3 aliphatic heterocycles. The zero-order valence-electron chi connectivity index (χ0n) is 25.1. The third kappa shape index (κ3) is 5.73. The summed E-state index contributed by atoms with van der Waals surface area (Å²) in [5.74, 6) is -1.78. The molecule has 2 unspecified atom stereocenters. The maximum absolute atomic E-state index is 14.6. The Morgan fingerprint density at radius 2 is 1.86 bits per heavy atom. The molecule has 0 aliphatic carbocycles. The monoisotopic (exact) mass is 582 g/mol. The highest BCUT2D eigenvalue weighted by molar-refractivity contribution is 6.04. The quantitative estimate of drug-likeness (QED) is 0.165. The average Bonchev–Trinajstić information content (AvgIpc) is 3.61. The minimum atomic E-state index is -1.12. The van der Waals surface area contributed by atoms with Crippen LogP contribution in [0.15, 0.2) is 49.6 Å². The molecule has 2 bridgehead atoms. The van der Waals surface area contributed by atoms with Gasteiger partial charge >= 0.3 is 5.97 Å². The van der Waals surface area contributed by atoms with Gasteiger partial charge in [0.05, 0.1) is 25.2 Å². The summed E-state index contributed by atoms with van der Waals surface area (Å²) in [6.45, 7) is 10.6. The number of fused-ring (bicyclic) bond motifs is 1. The predicted molar refractivity (Wildman–Crippen MR) is 160 cm³/mol. The first-order valence-corrected chi connectivity index (χ1v) is 15.3. The molecule has 9 nitrogen and oxygen atoms in total. The van der Waals surface area contributed by atoms with Crippen molar-refractivity contribution in [1.29, 1.82) is 0 Å². The van der Waals surface area contributed by atoms with Gasteiger partial charge in [0, 0.05) is 25.4 Å². The fraction of sp³-hybridized carbons (Fsp3) is 0.606. The fourth-order valence-corrected chi connectivity index (χ4v) is 7.20. The molecule has 230 valence electrons. The molecule has 42 heavy (non-hydrogen) atoms. The number of rotatable bonds is 17. The third-order valence-electron chi connectivity index (χ3n) is 9.23. The number of amides is 2. The van der Waals surface area contributed by atoms with Crippen LogP contribution in [-0.2, 0) is 23.9 Å². The van der Waals surface area contributed by atoms with Gasteiger partial charge < -0.3 is 29.1 Å². The Morgan fingerprint density at radius 3 is 2.50 bits per heavy atom. The van der Waals surface area contributed by atoms with E-state index in [0.29, 0.717) is 56.5 Å². The first-order valence-electron chi connectivity index (χ1n) is 15.3. The number of anilines is 1. The Kier molecular flexibility index (Phi) is 10.5. The number of allylic oxidation sites excluding steroid dienone is 1. The smallest absolute Gasteiger partial charge is 0.312 e. The molecule has 0 saturated carbocycles. The van der Waals surface area contributed by atoms with Gasteiger partial charge in [-0.05, 0) is 69.2 Å². The molecule has 9 heteroatoms. The first-order chi connectivity index (χ1) is 20.3. The van der Waals surface area contributed by atoms with Crippen LogP contribution in [0.1, 0.15) is 64.7 Å². The maximum Gasteiger partial charge on any atom is 0.312 e. The number of hydrogen-bond donors (Lipinski definition) is 1. The van der Waals surface area contributed by atoms with Gasteiger partial charge in [-0.15, -0.1) is 13.2 Å². The molecular formula is C33H46N2O7. The van der Waals surface area contributed by atoms with E-state index in [2.05, 4.69) is 13.2 Å². The number of esters is 1. The molecule has 1 aromatic rings. The molecule has 0 aromatic heterocycles. The Labute approximate surface area is 249 Å².